The third-order valence-electron chi connectivity index (χ3n) is 16.0. The van der Waals surface area contributed by atoms with E-state index in [1.165, 1.54) is 295 Å². The fraction of sp³-hybridized carbons (Fsp3) is 0.847. The number of amides is 1. The van der Waals surface area contributed by atoms with Gasteiger partial charge >= 0.3 is 0 Å². The number of carbonyl (C=O) groups excluding carboxylic acids is 1. The van der Waals surface area contributed by atoms with E-state index in [2.05, 4.69) is 67.8 Å². The molecule has 0 saturated carbocycles. The highest BCUT2D eigenvalue weighted by Gasteiger charge is 2.20. The second-order valence-electron chi connectivity index (χ2n) is 23.8. The molecule has 0 heterocycles. The zero-order valence-corrected chi connectivity index (χ0v) is 51.9. The summed E-state index contributed by atoms with van der Waals surface area (Å²) in [4.78, 5) is 12.6. The highest BCUT2D eigenvalue weighted by Crippen LogP contribution is 2.18. The van der Waals surface area contributed by atoms with E-state index in [4.69, 9.17) is 0 Å². The summed E-state index contributed by atoms with van der Waals surface area (Å²) in [7, 11) is 0. The number of aliphatic hydroxyl groups excluding tert-OH is 3. The molecule has 3 atom stereocenters. The van der Waals surface area contributed by atoms with E-state index in [1.54, 1.807) is 6.08 Å². The van der Waals surface area contributed by atoms with Crippen molar-refractivity contribution in [1.82, 2.24) is 5.32 Å². The zero-order chi connectivity index (χ0) is 55.7. The van der Waals surface area contributed by atoms with E-state index in [0.717, 1.165) is 44.9 Å². The molecule has 0 aromatic rings. The Morgan fingerprint density at radius 2 is 0.597 bits per heavy atom. The smallest absolute Gasteiger partial charge is 0.222 e. The molecular weight excluding hydrogens is 943 g/mol. The Morgan fingerprint density at radius 1 is 0.338 bits per heavy atom. The molecule has 3 unspecified atom stereocenters. The van der Waals surface area contributed by atoms with Crippen LogP contribution in [-0.2, 0) is 4.79 Å². The molecule has 0 spiro atoms. The Balaban J connectivity index is 3.55. The highest BCUT2D eigenvalue weighted by molar-refractivity contribution is 5.76. The number of hydrogen-bond acceptors (Lipinski definition) is 4. The summed E-state index contributed by atoms with van der Waals surface area (Å²) in [5.41, 5.74) is 0. The number of hydrogen-bond donors (Lipinski definition) is 4. The van der Waals surface area contributed by atoms with Crippen LogP contribution in [-0.4, -0.2) is 46.1 Å². The summed E-state index contributed by atoms with van der Waals surface area (Å²) in [6, 6.07) is -0.771. The summed E-state index contributed by atoms with van der Waals surface area (Å²) >= 11 is 0. The zero-order valence-electron chi connectivity index (χ0n) is 51.9. The van der Waals surface area contributed by atoms with Gasteiger partial charge in [-0.15, -0.1) is 0 Å². The van der Waals surface area contributed by atoms with Gasteiger partial charge in [0.05, 0.1) is 31.3 Å². The van der Waals surface area contributed by atoms with Gasteiger partial charge in [-0.3, -0.25) is 4.79 Å². The molecule has 0 aliphatic heterocycles. The Hall–Kier alpha value is -1.95. The maximum atomic E-state index is 12.6. The lowest BCUT2D eigenvalue weighted by Gasteiger charge is -2.21. The minimum atomic E-state index is -0.964. The molecule has 5 nitrogen and oxygen atoms in total. The van der Waals surface area contributed by atoms with Gasteiger partial charge in [0.15, 0.2) is 0 Å². The first-order valence-electron chi connectivity index (χ1n) is 34.6. The Labute approximate surface area is 481 Å². The average molecular weight is 1080 g/mol. The quantitative estimate of drug-likeness (QED) is 0.0361. The normalized spacial score (nSPS) is 13.5. The molecule has 0 rings (SSSR count). The molecule has 452 valence electrons. The predicted molar refractivity (Wildman–Crippen MR) is 342 cm³/mol. The van der Waals surface area contributed by atoms with Crippen LogP contribution in [0.4, 0.5) is 0 Å². The molecule has 0 aromatic carbocycles. The molecule has 1 amide bonds. The van der Waals surface area contributed by atoms with Crippen LogP contribution in [0.1, 0.15) is 367 Å². The van der Waals surface area contributed by atoms with Gasteiger partial charge in [0, 0.05) is 0 Å². The summed E-state index contributed by atoms with van der Waals surface area (Å²) < 4.78 is 0. The lowest BCUT2D eigenvalue weighted by molar-refractivity contribution is -0.124. The number of nitrogens with one attached hydrogen (secondary N) is 1. The summed E-state index contributed by atoms with van der Waals surface area (Å²) in [6.07, 6.45) is 91.9. The van der Waals surface area contributed by atoms with Crippen LogP contribution in [0.5, 0.6) is 0 Å². The van der Waals surface area contributed by atoms with Crippen molar-refractivity contribution in [2.75, 3.05) is 6.61 Å². The first kappa shape index (κ1) is 75.0. The van der Waals surface area contributed by atoms with E-state index in [0.29, 0.717) is 6.42 Å². The Bertz CT molecular complexity index is 1290. The van der Waals surface area contributed by atoms with Gasteiger partial charge < -0.3 is 20.6 Å². The molecule has 0 aliphatic rings. The molecule has 0 aromatic heterocycles. The number of unbranched alkanes of at least 4 members (excludes halogenated alkanes) is 47. The molecule has 4 N–H and O–H groups in total. The molecule has 0 saturated heterocycles. The second kappa shape index (κ2) is 66.6. The van der Waals surface area contributed by atoms with Crippen molar-refractivity contribution >= 4 is 5.91 Å². The fourth-order valence-corrected chi connectivity index (χ4v) is 10.8. The van der Waals surface area contributed by atoms with Crippen molar-refractivity contribution in [1.29, 1.82) is 0 Å². The van der Waals surface area contributed by atoms with Gasteiger partial charge in [-0.1, -0.05) is 344 Å². The van der Waals surface area contributed by atoms with Crippen LogP contribution >= 0.6 is 0 Å². The molecule has 0 aliphatic carbocycles. The molecule has 5 heteroatoms. The van der Waals surface area contributed by atoms with E-state index in [1.807, 2.05) is 6.08 Å². The Kier molecular flexibility index (Phi) is 64.9. The number of carbonyl (C=O) groups is 1. The lowest BCUT2D eigenvalue weighted by atomic mass is 10.0. The van der Waals surface area contributed by atoms with E-state index < -0.39 is 18.2 Å². The summed E-state index contributed by atoms with van der Waals surface area (Å²) in [5.74, 6) is -0.326. The molecular formula is C72H135NO4. The van der Waals surface area contributed by atoms with Crippen molar-refractivity contribution < 1.29 is 20.1 Å². The van der Waals surface area contributed by atoms with Crippen molar-refractivity contribution in [3.8, 4) is 0 Å². The number of allylic oxidation sites excluding steroid dienone is 9. The first-order chi connectivity index (χ1) is 38.0. The van der Waals surface area contributed by atoms with Crippen molar-refractivity contribution in [2.24, 2.45) is 0 Å². The monoisotopic (exact) mass is 1080 g/mol. The molecule has 0 radical (unpaired) electrons. The average Bonchev–Trinajstić information content (AvgIpc) is 3.43. The standard InChI is InChI=1S/C72H135NO4/c1-3-5-7-9-11-13-15-17-19-21-23-25-27-29-30-31-32-33-34-35-36-37-38-39-40-42-43-45-47-49-51-53-55-57-59-61-63-65-69(75)67-72(77)73-70(68-74)71(76)66-64-62-60-58-56-54-52-50-48-46-44-41-28-26-24-22-20-18-16-14-12-10-8-6-4-2/h32-33,35-36,48,50,56,58,64,66,69-71,74-76H,3-31,34,37-47,49,51-55,57,59-63,65,67-68H2,1-2H3,(H,73,77)/b33-32-,36-35-,50-48+,58-56+,66-64+. The third kappa shape index (κ3) is 63.1. The minimum absolute atomic E-state index is 0.00188. The van der Waals surface area contributed by atoms with E-state index >= 15 is 0 Å². The second-order valence-corrected chi connectivity index (χ2v) is 23.8. The van der Waals surface area contributed by atoms with Crippen LogP contribution in [0.15, 0.2) is 60.8 Å². The van der Waals surface area contributed by atoms with Crippen LogP contribution in [0.25, 0.3) is 0 Å². The Morgan fingerprint density at radius 3 is 0.909 bits per heavy atom. The van der Waals surface area contributed by atoms with Crippen LogP contribution in [0.3, 0.4) is 0 Å². The van der Waals surface area contributed by atoms with E-state index in [9.17, 15) is 20.1 Å². The van der Waals surface area contributed by atoms with Gasteiger partial charge in [0.1, 0.15) is 0 Å². The van der Waals surface area contributed by atoms with Gasteiger partial charge in [0.2, 0.25) is 5.91 Å². The van der Waals surface area contributed by atoms with Gasteiger partial charge in [-0.25, -0.2) is 0 Å². The SMILES string of the molecule is CCCCCCCCCCCCCCCCC/C=C\C/C=C\CCCCCCCCCCCCCCCCCC(O)CC(=O)NC(CO)C(O)/C=C/CC/C=C/CC/C=C/CCCCCCCCCCCCCCCCC. The van der Waals surface area contributed by atoms with Crippen molar-refractivity contribution in [3.05, 3.63) is 60.8 Å². The number of rotatable bonds is 64. The minimum Gasteiger partial charge on any atom is -0.394 e. The fourth-order valence-electron chi connectivity index (χ4n) is 10.8. The topological polar surface area (TPSA) is 89.8 Å². The molecule has 77 heavy (non-hydrogen) atoms. The molecule has 0 fully saturated rings. The van der Waals surface area contributed by atoms with E-state index in [-0.39, 0.29) is 18.9 Å². The van der Waals surface area contributed by atoms with Crippen LogP contribution in [0, 0.1) is 0 Å². The van der Waals surface area contributed by atoms with Crippen LogP contribution in [0.2, 0.25) is 0 Å². The summed E-state index contributed by atoms with van der Waals surface area (Å²) in [6.45, 7) is 4.24. The predicted octanol–water partition coefficient (Wildman–Crippen LogP) is 22.5. The third-order valence-corrected chi connectivity index (χ3v) is 16.0. The van der Waals surface area contributed by atoms with Gasteiger partial charge in [0.25, 0.3) is 0 Å². The first-order valence-corrected chi connectivity index (χ1v) is 34.6. The van der Waals surface area contributed by atoms with Gasteiger partial charge in [-0.05, 0) is 77.0 Å². The molecule has 0 bridgehead atoms. The van der Waals surface area contributed by atoms with Crippen molar-refractivity contribution in [2.45, 2.75) is 385 Å². The largest absolute Gasteiger partial charge is 0.394 e. The lowest BCUT2D eigenvalue weighted by Crippen LogP contribution is -2.45. The van der Waals surface area contributed by atoms with Crippen LogP contribution < -0.4 is 5.32 Å². The number of aliphatic hydroxyl groups is 3. The van der Waals surface area contributed by atoms with Gasteiger partial charge in [-0.2, -0.15) is 0 Å². The van der Waals surface area contributed by atoms with Crippen molar-refractivity contribution in [3.63, 3.8) is 0 Å². The highest BCUT2D eigenvalue weighted by atomic mass is 16.3. The summed E-state index contributed by atoms with van der Waals surface area (Å²) in [5, 5.41) is 33.6. The maximum Gasteiger partial charge on any atom is 0.222 e. The maximum absolute atomic E-state index is 12.6.